The molecule has 2 aromatic carbocycles. The lowest BCUT2D eigenvalue weighted by molar-refractivity contribution is -0.121. The highest BCUT2D eigenvalue weighted by Gasteiger charge is 2.05. The van der Waals surface area contributed by atoms with E-state index in [1.54, 1.807) is 6.07 Å². The number of phenolic OH excluding ortho intramolecular Hbond substituents is 1. The van der Waals surface area contributed by atoms with Gasteiger partial charge in [0.2, 0.25) is 5.91 Å². The number of hydrazone groups is 1. The summed E-state index contributed by atoms with van der Waals surface area (Å²) in [5.41, 5.74) is 3.19. The van der Waals surface area contributed by atoms with Crippen LogP contribution in [0.3, 0.4) is 0 Å². The van der Waals surface area contributed by atoms with Gasteiger partial charge in [-0.15, -0.1) is 0 Å². The minimum atomic E-state index is -0.0751. The van der Waals surface area contributed by atoms with E-state index in [-0.39, 0.29) is 11.7 Å². The Balaban J connectivity index is 1.67. The summed E-state index contributed by atoms with van der Waals surface area (Å²) in [4.78, 5) is 11.9. The van der Waals surface area contributed by atoms with Crippen LogP contribution < -0.4 is 5.43 Å². The zero-order valence-corrected chi connectivity index (χ0v) is 16.4. The van der Waals surface area contributed by atoms with E-state index >= 15 is 0 Å². The van der Waals surface area contributed by atoms with Crippen LogP contribution >= 0.6 is 0 Å². The van der Waals surface area contributed by atoms with E-state index in [0.29, 0.717) is 12.0 Å². The maximum Gasteiger partial charge on any atom is 0.240 e. The van der Waals surface area contributed by atoms with Crippen molar-refractivity contribution in [1.82, 2.24) is 5.43 Å². The van der Waals surface area contributed by atoms with E-state index < -0.39 is 0 Å². The second-order valence-electron chi connectivity index (χ2n) is 7.09. The number of phenols is 1. The highest BCUT2D eigenvalue weighted by atomic mass is 16.3. The Morgan fingerprint density at radius 1 is 0.963 bits per heavy atom. The van der Waals surface area contributed by atoms with Crippen LogP contribution in [0.5, 0.6) is 5.75 Å². The van der Waals surface area contributed by atoms with Gasteiger partial charge in [-0.3, -0.25) is 4.79 Å². The molecule has 2 N–H and O–H groups in total. The molecule has 0 bridgehead atoms. The molecule has 0 saturated carbocycles. The first-order chi connectivity index (χ1) is 13.2. The van der Waals surface area contributed by atoms with Gasteiger partial charge < -0.3 is 5.11 Å². The third kappa shape index (κ3) is 7.41. The fourth-order valence-corrected chi connectivity index (χ4v) is 3.24. The van der Waals surface area contributed by atoms with Crippen LogP contribution in [-0.4, -0.2) is 17.2 Å². The van der Waals surface area contributed by atoms with Gasteiger partial charge in [-0.1, -0.05) is 88.6 Å². The van der Waals surface area contributed by atoms with Gasteiger partial charge in [0.1, 0.15) is 5.75 Å². The molecule has 0 aliphatic carbocycles. The Labute approximate surface area is 162 Å². The highest BCUT2D eigenvalue weighted by molar-refractivity contribution is 6.02. The first kappa shape index (κ1) is 20.9. The Morgan fingerprint density at radius 3 is 2.37 bits per heavy atom. The lowest BCUT2D eigenvalue weighted by atomic mass is 10.0. The van der Waals surface area contributed by atoms with Crippen LogP contribution in [0, 0.1) is 0 Å². The van der Waals surface area contributed by atoms with Crippen molar-refractivity contribution in [3.63, 3.8) is 0 Å². The van der Waals surface area contributed by atoms with Gasteiger partial charge in [-0.25, -0.2) is 5.43 Å². The summed E-state index contributed by atoms with van der Waals surface area (Å²) in [7, 11) is 0. The molecule has 0 atom stereocenters. The average molecular weight is 369 g/mol. The van der Waals surface area contributed by atoms with Crippen LogP contribution in [0.1, 0.15) is 76.7 Å². The number of aromatic hydroxyl groups is 1. The number of nitrogens with zero attached hydrogens (tertiary/aromatic N) is 1. The van der Waals surface area contributed by atoms with Crippen molar-refractivity contribution < 1.29 is 9.90 Å². The Hall–Kier alpha value is -2.36. The number of nitrogens with one attached hydrogen (secondary N) is 1. The Morgan fingerprint density at radius 2 is 1.63 bits per heavy atom. The van der Waals surface area contributed by atoms with Crippen LogP contribution in [0.15, 0.2) is 41.5 Å². The standard InChI is InChI=1S/C23H32N2O2/c1-2-3-4-5-6-7-8-9-10-15-23(27)25-24-18-21-20-14-12-11-13-19(20)16-17-22(21)26/h11-14,16-18,26H,2-10,15H2,1H3,(H,25,27)/b24-18-. The number of hydrogen-bond acceptors (Lipinski definition) is 3. The predicted octanol–water partition coefficient (Wildman–Crippen LogP) is 5.92. The molecule has 0 aliphatic heterocycles. The topological polar surface area (TPSA) is 61.7 Å². The van der Waals surface area contributed by atoms with E-state index in [9.17, 15) is 9.90 Å². The Bertz CT molecular complexity index is 740. The normalized spacial score (nSPS) is 11.3. The molecule has 146 valence electrons. The summed E-state index contributed by atoms with van der Waals surface area (Å²) in [6.45, 7) is 2.24. The smallest absolute Gasteiger partial charge is 0.240 e. The lowest BCUT2D eigenvalue weighted by Crippen LogP contribution is -2.16. The van der Waals surface area contributed by atoms with Crippen molar-refractivity contribution in [3.8, 4) is 5.75 Å². The Kier molecular flexibility index (Phi) is 9.39. The largest absolute Gasteiger partial charge is 0.507 e. The molecule has 0 aromatic heterocycles. The van der Waals surface area contributed by atoms with Crippen molar-refractivity contribution in [3.05, 3.63) is 42.0 Å². The SMILES string of the molecule is CCCCCCCCCCCC(=O)N/N=C\c1c(O)ccc2ccccc12. The molecule has 4 heteroatoms. The molecule has 0 unspecified atom stereocenters. The molecule has 0 spiro atoms. The highest BCUT2D eigenvalue weighted by Crippen LogP contribution is 2.25. The monoisotopic (exact) mass is 368 g/mol. The molecular formula is C23H32N2O2. The molecular weight excluding hydrogens is 336 g/mol. The quantitative estimate of drug-likeness (QED) is 0.278. The van der Waals surface area contributed by atoms with Gasteiger partial charge in [-0.05, 0) is 23.3 Å². The number of unbranched alkanes of at least 4 members (excludes halogenated alkanes) is 8. The van der Waals surface area contributed by atoms with Crippen LogP contribution in [-0.2, 0) is 4.79 Å². The number of hydrogen-bond donors (Lipinski definition) is 2. The van der Waals surface area contributed by atoms with Crippen molar-refractivity contribution in [2.24, 2.45) is 5.10 Å². The van der Waals surface area contributed by atoms with Crippen molar-refractivity contribution >= 4 is 22.9 Å². The first-order valence-electron chi connectivity index (χ1n) is 10.2. The minimum absolute atomic E-state index is 0.0751. The van der Waals surface area contributed by atoms with Crippen LogP contribution in [0.2, 0.25) is 0 Å². The number of rotatable bonds is 12. The minimum Gasteiger partial charge on any atom is -0.507 e. The van der Waals surface area contributed by atoms with E-state index in [1.165, 1.54) is 51.2 Å². The van der Waals surface area contributed by atoms with Gasteiger partial charge in [0.05, 0.1) is 6.21 Å². The van der Waals surface area contributed by atoms with Gasteiger partial charge in [0.25, 0.3) is 0 Å². The zero-order chi connectivity index (χ0) is 19.3. The predicted molar refractivity (Wildman–Crippen MR) is 113 cm³/mol. The summed E-state index contributed by atoms with van der Waals surface area (Å²) < 4.78 is 0. The number of fused-ring (bicyclic) bond motifs is 1. The second-order valence-corrected chi connectivity index (χ2v) is 7.09. The van der Waals surface area contributed by atoms with Gasteiger partial charge in [-0.2, -0.15) is 5.10 Å². The van der Waals surface area contributed by atoms with Crippen molar-refractivity contribution in [2.45, 2.75) is 71.1 Å². The third-order valence-electron chi connectivity index (χ3n) is 4.84. The molecule has 2 rings (SSSR count). The van der Waals surface area contributed by atoms with E-state index in [1.807, 2.05) is 30.3 Å². The van der Waals surface area contributed by atoms with Gasteiger partial charge >= 0.3 is 0 Å². The van der Waals surface area contributed by atoms with E-state index in [2.05, 4.69) is 17.5 Å². The molecule has 0 radical (unpaired) electrons. The number of carbonyl (C=O) groups is 1. The molecule has 0 fully saturated rings. The van der Waals surface area contributed by atoms with E-state index in [0.717, 1.165) is 23.6 Å². The number of amides is 1. The zero-order valence-electron chi connectivity index (χ0n) is 16.4. The molecule has 27 heavy (non-hydrogen) atoms. The molecule has 2 aromatic rings. The second kappa shape index (κ2) is 12.1. The van der Waals surface area contributed by atoms with Crippen molar-refractivity contribution in [1.29, 1.82) is 0 Å². The van der Waals surface area contributed by atoms with Gasteiger partial charge in [0.15, 0.2) is 0 Å². The van der Waals surface area contributed by atoms with Crippen molar-refractivity contribution in [2.75, 3.05) is 0 Å². The molecule has 4 nitrogen and oxygen atoms in total. The molecule has 1 amide bonds. The maximum absolute atomic E-state index is 11.9. The number of benzene rings is 2. The molecule has 0 heterocycles. The fraction of sp³-hybridized carbons (Fsp3) is 0.478. The molecule has 0 aliphatic rings. The molecule has 0 saturated heterocycles. The van der Waals surface area contributed by atoms with Crippen LogP contribution in [0.25, 0.3) is 10.8 Å². The lowest BCUT2D eigenvalue weighted by Gasteiger charge is -2.05. The maximum atomic E-state index is 11.9. The average Bonchev–Trinajstić information content (AvgIpc) is 2.68. The number of carbonyl (C=O) groups excluding carboxylic acids is 1. The summed E-state index contributed by atoms with van der Waals surface area (Å²) in [5, 5.41) is 16.0. The first-order valence-corrected chi connectivity index (χ1v) is 10.2. The van der Waals surface area contributed by atoms with Crippen LogP contribution in [0.4, 0.5) is 0 Å². The fourth-order valence-electron chi connectivity index (χ4n) is 3.24. The summed E-state index contributed by atoms with van der Waals surface area (Å²) in [6.07, 6.45) is 13.1. The van der Waals surface area contributed by atoms with Gasteiger partial charge in [0, 0.05) is 12.0 Å². The van der Waals surface area contributed by atoms with E-state index in [4.69, 9.17) is 0 Å². The summed E-state index contributed by atoms with van der Waals surface area (Å²) >= 11 is 0. The summed E-state index contributed by atoms with van der Waals surface area (Å²) in [6, 6.07) is 11.3. The summed E-state index contributed by atoms with van der Waals surface area (Å²) in [5.74, 6) is 0.0829. The third-order valence-corrected chi connectivity index (χ3v) is 4.84.